The van der Waals surface area contributed by atoms with Crippen LogP contribution in [0.3, 0.4) is 0 Å². The second kappa shape index (κ2) is 8.28. The van der Waals surface area contributed by atoms with E-state index in [9.17, 15) is 14.7 Å². The van der Waals surface area contributed by atoms with Crippen molar-refractivity contribution in [1.82, 2.24) is 4.90 Å². The standard InChI is InChI=1S/C18H15NO6S2/c1-23-14-7-11(4-5-13(14)25-10-16(20)21)8-15-17(22)19(18(26)27-15)9-12-3-2-6-24-12/h2-8H,9-10H2,1H3,(H,20,21)/p-1/b15-8+. The Kier molecular flexibility index (Phi) is 5.82. The number of benzene rings is 1. The average molecular weight is 404 g/mol. The summed E-state index contributed by atoms with van der Waals surface area (Å²) in [5, 5.41) is 10.5. The van der Waals surface area contributed by atoms with Gasteiger partial charge in [-0.05, 0) is 35.9 Å². The first-order chi connectivity index (χ1) is 13.0. The number of carboxylic acids is 1. The molecule has 1 saturated heterocycles. The zero-order chi connectivity index (χ0) is 19.4. The van der Waals surface area contributed by atoms with Gasteiger partial charge in [0.05, 0.1) is 30.8 Å². The van der Waals surface area contributed by atoms with E-state index >= 15 is 0 Å². The Morgan fingerprint density at radius 3 is 2.85 bits per heavy atom. The SMILES string of the molecule is COc1cc(/C=C2/SC(=S)N(Cc3ccco3)C2=O)ccc1OCC(=O)[O-]. The van der Waals surface area contributed by atoms with E-state index in [0.29, 0.717) is 26.3 Å². The summed E-state index contributed by atoms with van der Waals surface area (Å²) in [6.07, 6.45) is 3.23. The lowest BCUT2D eigenvalue weighted by molar-refractivity contribution is -0.307. The van der Waals surface area contributed by atoms with Crippen LogP contribution >= 0.6 is 24.0 Å². The van der Waals surface area contributed by atoms with Crippen LogP contribution in [0.1, 0.15) is 11.3 Å². The molecule has 0 N–H and O–H groups in total. The van der Waals surface area contributed by atoms with E-state index < -0.39 is 12.6 Å². The van der Waals surface area contributed by atoms with Gasteiger partial charge in [0.1, 0.15) is 16.7 Å². The number of methoxy groups -OCH3 is 1. The van der Waals surface area contributed by atoms with Gasteiger partial charge in [-0.25, -0.2) is 0 Å². The van der Waals surface area contributed by atoms with Crippen molar-refractivity contribution in [2.45, 2.75) is 6.54 Å². The molecule has 0 aliphatic carbocycles. The number of furan rings is 1. The Labute approximate surface area is 164 Å². The molecule has 0 atom stereocenters. The zero-order valence-corrected chi connectivity index (χ0v) is 15.8. The molecule has 0 spiro atoms. The lowest BCUT2D eigenvalue weighted by Gasteiger charge is -2.12. The summed E-state index contributed by atoms with van der Waals surface area (Å²) in [4.78, 5) is 25.1. The number of ether oxygens (including phenoxy) is 2. The molecule has 2 aromatic rings. The van der Waals surface area contributed by atoms with Gasteiger partial charge in [-0.1, -0.05) is 30.0 Å². The Bertz CT molecular complexity index is 907. The van der Waals surface area contributed by atoms with E-state index in [2.05, 4.69) is 0 Å². The van der Waals surface area contributed by atoms with Gasteiger partial charge in [0, 0.05) is 0 Å². The summed E-state index contributed by atoms with van der Waals surface area (Å²) in [5.74, 6) is -0.289. The molecule has 3 rings (SSSR count). The lowest BCUT2D eigenvalue weighted by atomic mass is 10.2. The predicted octanol–water partition coefficient (Wildman–Crippen LogP) is 1.82. The van der Waals surface area contributed by atoms with Crippen molar-refractivity contribution >= 4 is 46.3 Å². The van der Waals surface area contributed by atoms with E-state index in [1.54, 1.807) is 42.7 Å². The van der Waals surface area contributed by atoms with Gasteiger partial charge in [-0.2, -0.15) is 0 Å². The molecule has 1 aliphatic rings. The van der Waals surface area contributed by atoms with Crippen molar-refractivity contribution in [2.75, 3.05) is 13.7 Å². The van der Waals surface area contributed by atoms with Crippen molar-refractivity contribution in [3.8, 4) is 11.5 Å². The maximum absolute atomic E-state index is 12.6. The van der Waals surface area contributed by atoms with Crippen molar-refractivity contribution < 1.29 is 28.6 Å². The second-order valence-corrected chi connectivity index (χ2v) is 7.09. The van der Waals surface area contributed by atoms with Crippen molar-refractivity contribution in [2.24, 2.45) is 0 Å². The monoisotopic (exact) mass is 404 g/mol. The number of nitrogens with zero attached hydrogens (tertiary/aromatic N) is 1. The van der Waals surface area contributed by atoms with E-state index in [0.717, 1.165) is 0 Å². The zero-order valence-electron chi connectivity index (χ0n) is 14.2. The fourth-order valence-electron chi connectivity index (χ4n) is 2.38. The van der Waals surface area contributed by atoms with Crippen molar-refractivity contribution in [3.05, 3.63) is 52.8 Å². The molecule has 27 heavy (non-hydrogen) atoms. The molecule has 0 radical (unpaired) electrons. The second-order valence-electron chi connectivity index (χ2n) is 5.42. The highest BCUT2D eigenvalue weighted by atomic mass is 32.2. The molecule has 1 amide bonds. The Balaban J connectivity index is 1.78. The van der Waals surface area contributed by atoms with Crippen LogP contribution in [0, 0.1) is 0 Å². The van der Waals surface area contributed by atoms with Gasteiger partial charge in [-0.15, -0.1) is 0 Å². The molecule has 7 nitrogen and oxygen atoms in total. The number of amides is 1. The smallest absolute Gasteiger partial charge is 0.266 e. The Hall–Kier alpha value is -2.78. The Morgan fingerprint density at radius 1 is 1.37 bits per heavy atom. The summed E-state index contributed by atoms with van der Waals surface area (Å²) < 4.78 is 16.0. The van der Waals surface area contributed by atoms with Gasteiger partial charge >= 0.3 is 0 Å². The highest BCUT2D eigenvalue weighted by molar-refractivity contribution is 8.26. The largest absolute Gasteiger partial charge is 0.546 e. The third-order valence-electron chi connectivity index (χ3n) is 3.60. The molecule has 0 bridgehead atoms. The van der Waals surface area contributed by atoms with Gasteiger partial charge in [0.15, 0.2) is 11.5 Å². The van der Waals surface area contributed by atoms with E-state index in [4.69, 9.17) is 26.1 Å². The number of carbonyl (C=O) groups is 2. The fourth-order valence-corrected chi connectivity index (χ4v) is 3.63. The first kappa shape index (κ1) is 19.0. The summed E-state index contributed by atoms with van der Waals surface area (Å²) in [7, 11) is 1.44. The number of aliphatic carboxylic acids is 1. The van der Waals surface area contributed by atoms with Crippen molar-refractivity contribution in [1.29, 1.82) is 0 Å². The number of carboxylic acid groups (broad SMARTS) is 1. The molecular formula is C18H14NO6S2-. The van der Waals surface area contributed by atoms with Crippen LogP contribution < -0.4 is 14.6 Å². The molecule has 1 aliphatic heterocycles. The molecule has 2 heterocycles. The third kappa shape index (κ3) is 4.50. The van der Waals surface area contributed by atoms with Crippen LogP contribution in [0.15, 0.2) is 45.9 Å². The normalized spacial score (nSPS) is 15.4. The topological polar surface area (TPSA) is 92.0 Å². The predicted molar refractivity (Wildman–Crippen MR) is 101 cm³/mol. The third-order valence-corrected chi connectivity index (χ3v) is 4.98. The maximum Gasteiger partial charge on any atom is 0.266 e. The summed E-state index contributed by atoms with van der Waals surface area (Å²) >= 11 is 6.49. The van der Waals surface area contributed by atoms with Crippen LogP contribution in [0.25, 0.3) is 6.08 Å². The maximum atomic E-state index is 12.6. The van der Waals surface area contributed by atoms with E-state index in [1.807, 2.05) is 0 Å². The molecule has 1 aromatic heterocycles. The lowest BCUT2D eigenvalue weighted by Crippen LogP contribution is -2.29. The van der Waals surface area contributed by atoms with Gasteiger partial charge in [0.2, 0.25) is 0 Å². The van der Waals surface area contributed by atoms with Crippen LogP contribution in [0.4, 0.5) is 0 Å². The first-order valence-electron chi connectivity index (χ1n) is 7.76. The Morgan fingerprint density at radius 2 is 2.19 bits per heavy atom. The van der Waals surface area contributed by atoms with Crippen LogP contribution in [-0.2, 0) is 16.1 Å². The van der Waals surface area contributed by atoms with Crippen LogP contribution in [-0.4, -0.2) is 34.8 Å². The first-order valence-corrected chi connectivity index (χ1v) is 8.99. The fraction of sp³-hybridized carbons (Fsp3) is 0.167. The minimum absolute atomic E-state index is 0.211. The molecule has 9 heteroatoms. The van der Waals surface area contributed by atoms with Crippen LogP contribution in [0.2, 0.25) is 0 Å². The quantitative estimate of drug-likeness (QED) is 0.510. The molecule has 1 fully saturated rings. The average Bonchev–Trinajstić information content (AvgIpc) is 3.24. The van der Waals surface area contributed by atoms with E-state index in [-0.39, 0.29) is 18.2 Å². The number of thioether (sulfide) groups is 1. The van der Waals surface area contributed by atoms with Gasteiger partial charge in [0.25, 0.3) is 5.91 Å². The van der Waals surface area contributed by atoms with Crippen LogP contribution in [0.5, 0.6) is 11.5 Å². The molecular weight excluding hydrogens is 390 g/mol. The number of hydrogen-bond donors (Lipinski definition) is 0. The summed E-state index contributed by atoms with van der Waals surface area (Å²) in [5.41, 5.74) is 0.686. The van der Waals surface area contributed by atoms with Gasteiger partial charge < -0.3 is 23.8 Å². The number of carbonyl (C=O) groups excluding carboxylic acids is 2. The summed E-state index contributed by atoms with van der Waals surface area (Å²) in [6.45, 7) is -0.310. The number of hydrogen-bond acceptors (Lipinski definition) is 8. The van der Waals surface area contributed by atoms with Crippen molar-refractivity contribution in [3.63, 3.8) is 0 Å². The summed E-state index contributed by atoms with van der Waals surface area (Å²) in [6, 6.07) is 8.42. The molecule has 1 aromatic carbocycles. The van der Waals surface area contributed by atoms with Gasteiger partial charge in [-0.3, -0.25) is 9.69 Å². The molecule has 0 saturated carbocycles. The van der Waals surface area contributed by atoms with E-state index in [1.165, 1.54) is 23.8 Å². The minimum Gasteiger partial charge on any atom is -0.546 e. The minimum atomic E-state index is -1.33. The number of thiocarbonyl (C=S) groups is 1. The highest BCUT2D eigenvalue weighted by Gasteiger charge is 2.32. The highest BCUT2D eigenvalue weighted by Crippen LogP contribution is 2.35. The number of rotatable bonds is 7. The molecule has 140 valence electrons. The molecule has 0 unspecified atom stereocenters.